The van der Waals surface area contributed by atoms with Crippen molar-refractivity contribution in [3.05, 3.63) is 57.0 Å². The van der Waals surface area contributed by atoms with Gasteiger partial charge in [0, 0.05) is 50.4 Å². The van der Waals surface area contributed by atoms with Gasteiger partial charge in [-0.05, 0) is 39.8 Å². The second-order valence-electron chi connectivity index (χ2n) is 8.16. The zero-order valence-corrected chi connectivity index (χ0v) is 18.0. The van der Waals surface area contributed by atoms with Crippen LogP contribution in [0.25, 0.3) is 15.9 Å². The molecule has 30 heavy (non-hydrogen) atoms. The van der Waals surface area contributed by atoms with Crippen molar-refractivity contribution in [1.29, 1.82) is 0 Å². The molecule has 0 amide bonds. The molecule has 156 valence electrons. The Kier molecular flexibility index (Phi) is 5.08. The average molecular weight is 406 g/mol. The second-order valence-corrected chi connectivity index (χ2v) is 8.16. The van der Waals surface area contributed by atoms with Gasteiger partial charge in [-0.1, -0.05) is 11.7 Å². The number of anilines is 1. The molecule has 0 unspecified atom stereocenters. The van der Waals surface area contributed by atoms with Crippen LogP contribution in [-0.2, 0) is 13.6 Å². The first-order valence-corrected chi connectivity index (χ1v) is 10.1. The van der Waals surface area contributed by atoms with Gasteiger partial charge in [0.2, 0.25) is 5.52 Å². The molecule has 2 atom stereocenters. The van der Waals surface area contributed by atoms with Crippen LogP contribution in [0.2, 0.25) is 0 Å². The minimum atomic E-state index is -0.0761. The van der Waals surface area contributed by atoms with E-state index >= 15 is 0 Å². The summed E-state index contributed by atoms with van der Waals surface area (Å²) >= 11 is 0. The van der Waals surface area contributed by atoms with E-state index in [0.29, 0.717) is 11.3 Å². The fourth-order valence-corrected chi connectivity index (χ4v) is 4.27. The maximum Gasteiger partial charge on any atom is 0.270 e. The van der Waals surface area contributed by atoms with Crippen LogP contribution in [-0.4, -0.2) is 44.8 Å². The smallest absolute Gasteiger partial charge is 0.270 e. The van der Waals surface area contributed by atoms with Gasteiger partial charge in [0.25, 0.3) is 11.4 Å². The lowest BCUT2D eigenvalue weighted by atomic mass is 10.0. The molecular weight excluding hydrogens is 380 g/mol. The first-order valence-electron chi connectivity index (χ1n) is 10.1. The fourth-order valence-electron chi connectivity index (χ4n) is 4.27. The Morgan fingerprint density at radius 2 is 2.00 bits per heavy atom. The minimum absolute atomic E-state index is 0.0761. The summed E-state index contributed by atoms with van der Waals surface area (Å²) in [6, 6.07) is 5.55. The molecule has 1 aliphatic heterocycles. The van der Waals surface area contributed by atoms with E-state index in [-0.39, 0.29) is 17.6 Å². The van der Waals surface area contributed by atoms with Crippen molar-refractivity contribution >= 4 is 22.5 Å². The summed E-state index contributed by atoms with van der Waals surface area (Å²) in [5.74, 6) is 1.20. The number of aromatic nitrogens is 3. The van der Waals surface area contributed by atoms with Gasteiger partial charge in [0.15, 0.2) is 0 Å². The van der Waals surface area contributed by atoms with Gasteiger partial charge in [0.05, 0.1) is 16.9 Å². The average Bonchev–Trinajstić information content (AvgIpc) is 3.04. The van der Waals surface area contributed by atoms with Gasteiger partial charge in [-0.15, -0.1) is 4.98 Å². The quantitative estimate of drug-likeness (QED) is 0.622. The maximum absolute atomic E-state index is 12.6. The van der Waals surface area contributed by atoms with Crippen molar-refractivity contribution in [2.45, 2.75) is 46.3 Å². The normalized spacial score (nSPS) is 19.9. The lowest BCUT2D eigenvalue weighted by Gasteiger charge is -2.45. The standard InChI is InChI=1S/C22H26N6O2/c1-13-11-28(14(2)10-27(13)12-17-15(3)25-30-16(17)4)19-9-21(29)26(6)18-7-8-20(23-5)24-22(18)19/h7-9,13-14H,10-12H2,1-4,6H3/t13-,14+/m1/s1. The van der Waals surface area contributed by atoms with Gasteiger partial charge in [0.1, 0.15) is 5.76 Å². The van der Waals surface area contributed by atoms with Crippen LogP contribution in [0.5, 0.6) is 0 Å². The van der Waals surface area contributed by atoms with Crippen LogP contribution in [0.15, 0.2) is 27.5 Å². The molecule has 0 saturated carbocycles. The van der Waals surface area contributed by atoms with Crippen LogP contribution < -0.4 is 10.5 Å². The predicted octanol–water partition coefficient (Wildman–Crippen LogP) is 3.19. The second kappa shape index (κ2) is 7.58. The molecule has 4 heterocycles. The summed E-state index contributed by atoms with van der Waals surface area (Å²) < 4.78 is 6.91. The highest BCUT2D eigenvalue weighted by molar-refractivity contribution is 5.89. The molecule has 0 radical (unpaired) electrons. The Balaban J connectivity index is 1.69. The van der Waals surface area contributed by atoms with E-state index in [1.807, 2.05) is 19.9 Å². The third-order valence-corrected chi connectivity index (χ3v) is 6.14. The van der Waals surface area contributed by atoms with Crippen LogP contribution in [0.1, 0.15) is 30.9 Å². The molecule has 8 nitrogen and oxygen atoms in total. The zero-order chi connectivity index (χ0) is 21.6. The van der Waals surface area contributed by atoms with E-state index in [1.165, 1.54) is 0 Å². The van der Waals surface area contributed by atoms with E-state index in [1.54, 1.807) is 23.7 Å². The van der Waals surface area contributed by atoms with Crippen molar-refractivity contribution in [1.82, 2.24) is 19.6 Å². The van der Waals surface area contributed by atoms with E-state index in [4.69, 9.17) is 11.1 Å². The van der Waals surface area contributed by atoms with Gasteiger partial charge in [-0.25, -0.2) is 0 Å². The number of rotatable bonds is 3. The molecule has 1 saturated heterocycles. The number of aryl methyl sites for hydroxylation is 3. The Bertz CT molecular complexity index is 1190. The van der Waals surface area contributed by atoms with Gasteiger partial charge in [-0.3, -0.25) is 9.69 Å². The summed E-state index contributed by atoms with van der Waals surface area (Å²) in [6.07, 6.45) is 0. The molecule has 0 N–H and O–H groups in total. The predicted molar refractivity (Wildman–Crippen MR) is 116 cm³/mol. The molecule has 3 aromatic heterocycles. The van der Waals surface area contributed by atoms with Gasteiger partial charge in [-0.2, -0.15) is 0 Å². The number of piperazine rings is 1. The summed E-state index contributed by atoms with van der Waals surface area (Å²) in [5.41, 5.74) is 4.24. The largest absolute Gasteiger partial charge is 0.362 e. The topological polar surface area (TPSA) is 71.8 Å². The molecule has 8 heteroatoms. The maximum atomic E-state index is 12.6. The zero-order valence-electron chi connectivity index (χ0n) is 18.0. The minimum Gasteiger partial charge on any atom is -0.362 e. The molecule has 1 aliphatic rings. The van der Waals surface area contributed by atoms with Crippen LogP contribution >= 0.6 is 0 Å². The van der Waals surface area contributed by atoms with Crippen LogP contribution in [0, 0.1) is 20.4 Å². The SMILES string of the molecule is [C-]#[N+]c1ccc2c(n1)c(N1C[C@@H](C)N(Cc3c(C)noc3C)C[C@@H]1C)cc(=O)n2C. The highest BCUT2D eigenvalue weighted by atomic mass is 16.5. The first-order chi connectivity index (χ1) is 14.3. The molecule has 0 bridgehead atoms. The highest BCUT2D eigenvalue weighted by Crippen LogP contribution is 2.30. The Labute approximate surface area is 175 Å². The van der Waals surface area contributed by atoms with E-state index < -0.39 is 0 Å². The number of hydrogen-bond donors (Lipinski definition) is 0. The number of fused-ring (bicyclic) bond motifs is 1. The Morgan fingerprint density at radius 1 is 1.23 bits per heavy atom. The van der Waals surface area contributed by atoms with Crippen molar-refractivity contribution < 1.29 is 4.52 Å². The Morgan fingerprint density at radius 3 is 2.67 bits per heavy atom. The molecule has 0 spiro atoms. The highest BCUT2D eigenvalue weighted by Gasteiger charge is 2.32. The van der Waals surface area contributed by atoms with Crippen molar-refractivity contribution in [2.24, 2.45) is 7.05 Å². The third-order valence-electron chi connectivity index (χ3n) is 6.14. The van der Waals surface area contributed by atoms with Crippen molar-refractivity contribution in [2.75, 3.05) is 18.0 Å². The van der Waals surface area contributed by atoms with Crippen LogP contribution in [0.4, 0.5) is 11.5 Å². The van der Waals surface area contributed by atoms with E-state index in [9.17, 15) is 4.79 Å². The molecule has 4 rings (SSSR count). The monoisotopic (exact) mass is 406 g/mol. The van der Waals surface area contributed by atoms with Crippen molar-refractivity contribution in [3.8, 4) is 0 Å². The molecular formula is C22H26N6O2. The summed E-state index contributed by atoms with van der Waals surface area (Å²) in [5, 5.41) is 4.08. The number of pyridine rings is 2. The summed E-state index contributed by atoms with van der Waals surface area (Å²) in [4.78, 5) is 25.3. The summed E-state index contributed by atoms with van der Waals surface area (Å²) in [6.45, 7) is 18.0. The van der Waals surface area contributed by atoms with Crippen LogP contribution in [0.3, 0.4) is 0 Å². The van der Waals surface area contributed by atoms with Gasteiger partial charge < -0.3 is 18.8 Å². The van der Waals surface area contributed by atoms with Gasteiger partial charge >= 0.3 is 0 Å². The molecule has 3 aromatic rings. The molecule has 1 fully saturated rings. The Hall–Kier alpha value is -3.18. The first kappa shape index (κ1) is 20.1. The van der Waals surface area contributed by atoms with E-state index in [2.05, 4.69) is 38.6 Å². The lowest BCUT2D eigenvalue weighted by Crippen LogP contribution is -2.56. The summed E-state index contributed by atoms with van der Waals surface area (Å²) in [7, 11) is 1.74. The molecule has 0 aromatic carbocycles. The lowest BCUT2D eigenvalue weighted by molar-refractivity contribution is 0.157. The third kappa shape index (κ3) is 3.35. The number of hydrogen-bond acceptors (Lipinski definition) is 6. The van der Waals surface area contributed by atoms with E-state index in [0.717, 1.165) is 47.9 Å². The molecule has 0 aliphatic carbocycles. The van der Waals surface area contributed by atoms with Crippen molar-refractivity contribution in [3.63, 3.8) is 0 Å². The number of nitrogens with zero attached hydrogens (tertiary/aromatic N) is 6. The fraction of sp³-hybridized carbons (Fsp3) is 0.455.